The molecule has 2 aliphatic heterocycles. The van der Waals surface area contributed by atoms with Crippen LogP contribution in [0.15, 0.2) is 118 Å². The summed E-state index contributed by atoms with van der Waals surface area (Å²) in [6.45, 7) is 9.43. The molecule has 4 aliphatic rings. The minimum absolute atomic E-state index is 0.0420. The van der Waals surface area contributed by atoms with Crippen LogP contribution in [0.25, 0.3) is 90.9 Å². The van der Waals surface area contributed by atoms with E-state index in [2.05, 4.69) is 203 Å². The van der Waals surface area contributed by atoms with Gasteiger partial charge in [-0.25, -0.2) is 9.97 Å². The van der Waals surface area contributed by atoms with Crippen molar-refractivity contribution in [1.29, 1.82) is 0 Å². The van der Waals surface area contributed by atoms with E-state index in [1.54, 1.807) is 5.56 Å². The molecule has 0 spiro atoms. The third-order valence-electron chi connectivity index (χ3n) is 20.3. The molecule has 0 saturated heterocycles. The summed E-state index contributed by atoms with van der Waals surface area (Å²) in [5.41, 5.74) is 23.6. The number of unbranched alkanes of at least 4 members (excludes halogenated alkanes) is 25. The van der Waals surface area contributed by atoms with Crippen LogP contribution in [0.1, 0.15) is 272 Å². The molecule has 5 heterocycles. The predicted molar refractivity (Wildman–Crippen MR) is 383 cm³/mol. The van der Waals surface area contributed by atoms with Gasteiger partial charge in [0.15, 0.2) is 0 Å². The van der Waals surface area contributed by atoms with Gasteiger partial charge in [-0.1, -0.05) is 280 Å². The van der Waals surface area contributed by atoms with Crippen LogP contribution in [0.5, 0.6) is 0 Å². The van der Waals surface area contributed by atoms with Gasteiger partial charge in [-0.3, -0.25) is 0 Å². The lowest BCUT2D eigenvalue weighted by molar-refractivity contribution is 0.397. The summed E-state index contributed by atoms with van der Waals surface area (Å²) in [4.78, 5) is 18.9. The number of aromatic nitrogens is 4. The van der Waals surface area contributed by atoms with Gasteiger partial charge in [0.25, 0.3) is 0 Å². The van der Waals surface area contributed by atoms with Crippen LogP contribution in [0, 0.1) is 0 Å². The average Bonchev–Trinajstić information content (AvgIpc) is 1.63. The molecule has 3 aromatic heterocycles. The number of fused-ring (bicyclic) bond motifs is 14. The summed E-state index contributed by atoms with van der Waals surface area (Å²) in [6, 6.07) is 42.1. The first-order chi connectivity index (χ1) is 42.8. The Bertz CT molecular complexity index is 3700. The fourth-order valence-electron chi connectivity index (χ4n) is 15.5. The average molecular weight is 1290 g/mol. The Balaban J connectivity index is 0.945. The summed E-state index contributed by atoms with van der Waals surface area (Å²) in [7, 11) is 0. The van der Waals surface area contributed by atoms with Crippen LogP contribution < -0.4 is 0 Å². The van der Waals surface area contributed by atoms with Gasteiger partial charge in [0.1, 0.15) is 0 Å². The molecule has 456 valence electrons. The summed E-state index contributed by atoms with van der Waals surface area (Å²) in [5, 5.41) is 0. The highest BCUT2D eigenvalue weighted by molar-refractivity contribution is 9.11. The van der Waals surface area contributed by atoms with Crippen LogP contribution in [-0.4, -0.2) is 19.9 Å². The molecule has 0 fully saturated rings. The molecule has 4 nitrogen and oxygen atoms in total. The van der Waals surface area contributed by atoms with Gasteiger partial charge in [-0.05, 0) is 167 Å². The number of hydrogen-bond acceptors (Lipinski definition) is 2. The molecule has 11 rings (SSSR count). The first-order valence-electron chi connectivity index (χ1n) is 34.7. The number of rotatable bonds is 33. The molecule has 87 heavy (non-hydrogen) atoms. The van der Waals surface area contributed by atoms with Gasteiger partial charge in [0, 0.05) is 33.0 Å². The maximum atomic E-state index is 5.56. The minimum atomic E-state index is -0.0839. The van der Waals surface area contributed by atoms with Crippen LogP contribution in [0.3, 0.4) is 0 Å². The Morgan fingerprint density at radius 3 is 1.14 bits per heavy atom. The predicted octanol–water partition coefficient (Wildman–Crippen LogP) is 26.2. The Labute approximate surface area is 539 Å². The number of benzene rings is 4. The number of nitrogens with one attached hydrogen (secondary N) is 2. The summed E-state index contributed by atoms with van der Waals surface area (Å²) in [5.74, 6) is 0. The van der Waals surface area contributed by atoms with Crippen molar-refractivity contribution in [2.75, 3.05) is 0 Å². The molecule has 6 heteroatoms. The fraction of sp³-hybridized carbons (Fsp3) is 0.457. The van der Waals surface area contributed by atoms with Gasteiger partial charge in [-0.2, -0.15) is 0 Å². The number of H-pyrrole nitrogens is 2. The van der Waals surface area contributed by atoms with Crippen LogP contribution in [0.2, 0.25) is 0 Å². The maximum Gasteiger partial charge on any atom is 0.0801 e. The quantitative estimate of drug-likeness (QED) is 0.0403. The largest absolute Gasteiger partial charge is 0.354 e. The topological polar surface area (TPSA) is 57.4 Å². The fourth-order valence-corrected chi connectivity index (χ4v) is 16.4. The Morgan fingerprint density at radius 1 is 0.333 bits per heavy atom. The second kappa shape index (κ2) is 30.3. The summed E-state index contributed by atoms with van der Waals surface area (Å²) < 4.78 is 1.87. The minimum Gasteiger partial charge on any atom is -0.354 e. The molecular weight excluding hydrogens is 1190 g/mol. The van der Waals surface area contributed by atoms with E-state index in [1.165, 1.54) is 237 Å². The molecule has 0 radical (unpaired) electrons. The van der Waals surface area contributed by atoms with Gasteiger partial charge >= 0.3 is 0 Å². The van der Waals surface area contributed by atoms with E-state index >= 15 is 0 Å². The van der Waals surface area contributed by atoms with Crippen LogP contribution >= 0.6 is 31.9 Å². The Hall–Kier alpha value is -5.56. The van der Waals surface area contributed by atoms with Crippen molar-refractivity contribution in [3.05, 3.63) is 163 Å². The van der Waals surface area contributed by atoms with Gasteiger partial charge in [-0.15, -0.1) is 0 Å². The standard InChI is InChI=1S/C81H98Br2N4/c1-5-8-11-14-17-19-20-21-22-23-24-26-29-36-55-81(54-35-28-25-18-15-12-9-6-2)65-40-33-31-38-61(65)63-44-42-59(57-67(63)81)77-70-47-51-74(86-70)78(82)72-49-45-68(84-72)76(69-46-50-73(85-69)79(83)75-52-48-71(77)87-75)58-41-43-62-60-37-30-32-39-64(60)80(4,66(62)56-58)53-34-27-16-13-10-7-3/h30-33,37-52,56-57,84,87H,5-29,34-36,53-55H2,1-4H3. The molecule has 4 aromatic carbocycles. The highest BCUT2D eigenvalue weighted by atomic mass is 79.9. The molecule has 2 aliphatic carbocycles. The van der Waals surface area contributed by atoms with Crippen molar-refractivity contribution < 1.29 is 0 Å². The molecule has 7 aromatic rings. The molecule has 8 bridgehead atoms. The normalized spacial score (nSPS) is 16.2. The lowest BCUT2D eigenvalue weighted by Gasteiger charge is -2.33. The third-order valence-corrected chi connectivity index (χ3v) is 22.0. The number of hydrogen-bond donors (Lipinski definition) is 2. The van der Waals surface area contributed by atoms with E-state index in [0.717, 1.165) is 76.9 Å². The third kappa shape index (κ3) is 14.1. The summed E-state index contributed by atoms with van der Waals surface area (Å²) >= 11 is 8.26. The SMILES string of the molecule is CCCCCCCCCCCCCCCCC1(CCCCCCCCCC)c2ccccc2-c2ccc(-c3c4nc(c(Br)c5ccc([nH]5)c(-c5ccc6c(c5)C(C)(CCCCCCCC)c5ccccc5-6)c5nc(c(Br)c6ccc3[nH]6)C=C5)C=C4)cc21. The Kier molecular flexibility index (Phi) is 21.9. The van der Waals surface area contributed by atoms with Crippen molar-refractivity contribution in [3.8, 4) is 44.5 Å². The molecule has 0 saturated carbocycles. The lowest BCUT2D eigenvalue weighted by atomic mass is 9.70. The highest BCUT2D eigenvalue weighted by Crippen LogP contribution is 2.56. The van der Waals surface area contributed by atoms with Crippen LogP contribution in [-0.2, 0) is 10.8 Å². The molecule has 0 amide bonds. The lowest BCUT2D eigenvalue weighted by Crippen LogP contribution is -2.25. The van der Waals surface area contributed by atoms with Crippen LogP contribution in [0.4, 0.5) is 0 Å². The van der Waals surface area contributed by atoms with Crippen molar-refractivity contribution in [1.82, 2.24) is 19.9 Å². The molecule has 2 N–H and O–H groups in total. The van der Waals surface area contributed by atoms with Gasteiger partial charge in [0.05, 0.1) is 42.8 Å². The first kappa shape index (κ1) is 63.0. The van der Waals surface area contributed by atoms with E-state index in [9.17, 15) is 0 Å². The molecule has 2 unspecified atom stereocenters. The monoisotopic (exact) mass is 1280 g/mol. The van der Waals surface area contributed by atoms with Crippen molar-refractivity contribution in [2.24, 2.45) is 0 Å². The van der Waals surface area contributed by atoms with Crippen molar-refractivity contribution in [3.63, 3.8) is 0 Å². The number of halogens is 2. The highest BCUT2D eigenvalue weighted by Gasteiger charge is 2.43. The van der Waals surface area contributed by atoms with E-state index in [1.807, 2.05) is 0 Å². The maximum absolute atomic E-state index is 5.56. The van der Waals surface area contributed by atoms with E-state index in [-0.39, 0.29) is 10.8 Å². The van der Waals surface area contributed by atoms with E-state index < -0.39 is 0 Å². The van der Waals surface area contributed by atoms with E-state index in [4.69, 9.17) is 9.97 Å². The van der Waals surface area contributed by atoms with Gasteiger partial charge < -0.3 is 9.97 Å². The molecular formula is C81H98Br2N4. The molecule has 2 atom stereocenters. The van der Waals surface area contributed by atoms with E-state index in [0.29, 0.717) is 0 Å². The zero-order valence-corrected chi connectivity index (χ0v) is 56.4. The second-order valence-electron chi connectivity index (χ2n) is 26.5. The zero-order chi connectivity index (χ0) is 60.0. The first-order valence-corrected chi connectivity index (χ1v) is 36.3. The number of nitrogens with zero attached hydrogens (tertiary/aromatic N) is 2. The smallest absolute Gasteiger partial charge is 0.0801 e. The van der Waals surface area contributed by atoms with Crippen molar-refractivity contribution in [2.45, 2.75) is 238 Å². The van der Waals surface area contributed by atoms with Crippen molar-refractivity contribution >= 4 is 78.2 Å². The second-order valence-corrected chi connectivity index (χ2v) is 28.1. The Morgan fingerprint density at radius 2 is 0.678 bits per heavy atom. The van der Waals surface area contributed by atoms with Gasteiger partial charge in [0.2, 0.25) is 0 Å². The number of aromatic amines is 2. The zero-order valence-electron chi connectivity index (χ0n) is 53.3. The summed E-state index contributed by atoms with van der Waals surface area (Å²) in [6.07, 6.45) is 50.0.